The highest BCUT2D eigenvalue weighted by atomic mass is 16.5. The summed E-state index contributed by atoms with van der Waals surface area (Å²) in [6, 6.07) is 3.47. The molecule has 0 radical (unpaired) electrons. The lowest BCUT2D eigenvalue weighted by Crippen LogP contribution is -2.02. The summed E-state index contributed by atoms with van der Waals surface area (Å²) < 4.78 is 10.2. The van der Waals surface area contributed by atoms with Gasteiger partial charge in [-0.25, -0.2) is 4.98 Å². The summed E-state index contributed by atoms with van der Waals surface area (Å²) in [7, 11) is 0. The molecule has 15 heavy (non-hydrogen) atoms. The second-order valence-corrected chi connectivity index (χ2v) is 3.18. The van der Waals surface area contributed by atoms with Crippen molar-refractivity contribution in [3.8, 4) is 5.88 Å². The largest absolute Gasteiger partial charge is 0.493 e. The van der Waals surface area contributed by atoms with Crippen molar-refractivity contribution >= 4 is 11.7 Å². The molecule has 0 saturated carbocycles. The van der Waals surface area contributed by atoms with Crippen LogP contribution in [0.1, 0.15) is 18.9 Å². The van der Waals surface area contributed by atoms with E-state index < -0.39 is 0 Å². The van der Waals surface area contributed by atoms with Gasteiger partial charge < -0.3 is 9.47 Å². The molecule has 78 valence electrons. The summed E-state index contributed by atoms with van der Waals surface area (Å²) in [5, 5.41) is 0. The molecule has 0 fully saturated rings. The minimum atomic E-state index is -0.369. The molecule has 1 aromatic heterocycles. The second-order valence-electron chi connectivity index (χ2n) is 3.18. The molecule has 4 nitrogen and oxygen atoms in total. The summed E-state index contributed by atoms with van der Waals surface area (Å²) in [6.07, 6.45) is 4.58. The third kappa shape index (κ3) is 2.34. The standard InChI is InChI=1S/C11H11NO3/c1-8(13)15-11-5-4-9(7-12-11)10-3-2-6-14-10/h3-5,7H,2,6H2,1H3. The zero-order valence-corrected chi connectivity index (χ0v) is 8.40. The molecular formula is C11H11NO3. The second kappa shape index (κ2) is 4.13. The molecule has 0 aliphatic carbocycles. The summed E-state index contributed by atoms with van der Waals surface area (Å²) in [4.78, 5) is 14.7. The number of ether oxygens (including phenoxy) is 2. The van der Waals surface area contributed by atoms with Crippen molar-refractivity contribution < 1.29 is 14.3 Å². The monoisotopic (exact) mass is 205 g/mol. The molecule has 0 spiro atoms. The van der Waals surface area contributed by atoms with E-state index in [9.17, 15) is 4.79 Å². The van der Waals surface area contributed by atoms with Crippen molar-refractivity contribution in [2.24, 2.45) is 0 Å². The fourth-order valence-electron chi connectivity index (χ4n) is 1.35. The molecule has 0 bridgehead atoms. The van der Waals surface area contributed by atoms with Gasteiger partial charge >= 0.3 is 5.97 Å². The van der Waals surface area contributed by atoms with E-state index >= 15 is 0 Å². The van der Waals surface area contributed by atoms with Crippen LogP contribution in [0.5, 0.6) is 5.88 Å². The molecule has 0 N–H and O–H groups in total. The number of esters is 1. The van der Waals surface area contributed by atoms with Crippen LogP contribution in [0.4, 0.5) is 0 Å². The first-order valence-electron chi connectivity index (χ1n) is 4.73. The molecule has 1 aromatic rings. The number of nitrogens with zero attached hydrogens (tertiary/aromatic N) is 1. The van der Waals surface area contributed by atoms with Crippen LogP contribution < -0.4 is 4.74 Å². The molecule has 0 saturated heterocycles. The molecule has 0 unspecified atom stereocenters. The molecule has 0 amide bonds. The summed E-state index contributed by atoms with van der Waals surface area (Å²) in [6.45, 7) is 2.07. The van der Waals surface area contributed by atoms with Gasteiger partial charge in [0, 0.05) is 31.2 Å². The van der Waals surface area contributed by atoms with E-state index in [0.717, 1.165) is 24.4 Å². The molecule has 1 aliphatic heterocycles. The average Bonchev–Trinajstić information content (AvgIpc) is 2.71. The Morgan fingerprint density at radius 2 is 2.40 bits per heavy atom. The van der Waals surface area contributed by atoms with Crippen LogP contribution in [0.15, 0.2) is 24.4 Å². The highest BCUT2D eigenvalue weighted by Crippen LogP contribution is 2.22. The Bertz CT molecular complexity index is 395. The Morgan fingerprint density at radius 3 is 2.93 bits per heavy atom. The minimum absolute atomic E-state index is 0.310. The van der Waals surface area contributed by atoms with Crippen molar-refractivity contribution in [3.63, 3.8) is 0 Å². The van der Waals surface area contributed by atoms with Crippen molar-refractivity contribution in [2.75, 3.05) is 6.61 Å². The van der Waals surface area contributed by atoms with Crippen molar-refractivity contribution in [3.05, 3.63) is 30.0 Å². The Kier molecular flexibility index (Phi) is 2.67. The van der Waals surface area contributed by atoms with Crippen molar-refractivity contribution in [1.82, 2.24) is 4.98 Å². The van der Waals surface area contributed by atoms with Gasteiger partial charge in [-0.1, -0.05) is 0 Å². The first kappa shape index (κ1) is 9.71. The maximum Gasteiger partial charge on any atom is 0.309 e. The maximum absolute atomic E-state index is 10.7. The third-order valence-corrected chi connectivity index (χ3v) is 1.97. The van der Waals surface area contributed by atoms with E-state index in [2.05, 4.69) is 4.98 Å². The lowest BCUT2D eigenvalue weighted by Gasteiger charge is -2.04. The number of carbonyl (C=O) groups is 1. The Morgan fingerprint density at radius 1 is 1.53 bits per heavy atom. The van der Waals surface area contributed by atoms with Crippen LogP contribution >= 0.6 is 0 Å². The molecule has 0 aromatic carbocycles. The third-order valence-electron chi connectivity index (χ3n) is 1.97. The van der Waals surface area contributed by atoms with Crippen LogP contribution in [0.3, 0.4) is 0 Å². The predicted molar refractivity (Wildman–Crippen MR) is 54.1 cm³/mol. The first-order valence-corrected chi connectivity index (χ1v) is 4.73. The van der Waals surface area contributed by atoms with Crippen molar-refractivity contribution in [2.45, 2.75) is 13.3 Å². The van der Waals surface area contributed by atoms with Crippen molar-refractivity contribution in [1.29, 1.82) is 0 Å². The Hall–Kier alpha value is -1.84. The van der Waals surface area contributed by atoms with Gasteiger partial charge in [-0.15, -0.1) is 0 Å². The van der Waals surface area contributed by atoms with Gasteiger partial charge in [0.25, 0.3) is 0 Å². The molecule has 2 heterocycles. The van der Waals surface area contributed by atoms with E-state index in [1.807, 2.05) is 12.1 Å². The van der Waals surface area contributed by atoms with E-state index in [0.29, 0.717) is 5.88 Å². The van der Waals surface area contributed by atoms with E-state index in [1.165, 1.54) is 6.92 Å². The molecule has 2 rings (SSSR count). The Labute approximate surface area is 87.5 Å². The highest BCUT2D eigenvalue weighted by molar-refractivity contribution is 5.69. The molecule has 4 heteroatoms. The normalized spacial score (nSPS) is 14.3. The maximum atomic E-state index is 10.7. The summed E-state index contributed by atoms with van der Waals surface area (Å²) in [5.74, 6) is 0.785. The van der Waals surface area contributed by atoms with Crippen LogP contribution in [0.25, 0.3) is 5.76 Å². The SMILES string of the molecule is CC(=O)Oc1ccc(C2=CCCO2)cn1. The number of pyridine rings is 1. The van der Waals surface area contributed by atoms with Gasteiger partial charge in [0.2, 0.25) is 5.88 Å². The Balaban J connectivity index is 2.13. The summed E-state index contributed by atoms with van der Waals surface area (Å²) >= 11 is 0. The number of hydrogen-bond donors (Lipinski definition) is 0. The predicted octanol–water partition coefficient (Wildman–Crippen LogP) is 1.77. The number of aromatic nitrogens is 1. The lowest BCUT2D eigenvalue weighted by atomic mass is 10.2. The van der Waals surface area contributed by atoms with E-state index in [-0.39, 0.29) is 5.97 Å². The van der Waals surface area contributed by atoms with Crippen LogP contribution in [-0.2, 0) is 9.53 Å². The van der Waals surface area contributed by atoms with Gasteiger partial charge in [0.05, 0.1) is 6.61 Å². The summed E-state index contributed by atoms with van der Waals surface area (Å²) in [5.41, 5.74) is 0.906. The van der Waals surface area contributed by atoms with Crippen LogP contribution in [-0.4, -0.2) is 17.6 Å². The highest BCUT2D eigenvalue weighted by Gasteiger charge is 2.09. The molecular weight excluding hydrogens is 194 g/mol. The van der Waals surface area contributed by atoms with Gasteiger partial charge in [-0.3, -0.25) is 4.79 Å². The average molecular weight is 205 g/mol. The fraction of sp³-hybridized carbons (Fsp3) is 0.273. The van der Waals surface area contributed by atoms with Crippen LogP contribution in [0.2, 0.25) is 0 Å². The topological polar surface area (TPSA) is 48.4 Å². The van der Waals surface area contributed by atoms with E-state index in [1.54, 1.807) is 12.3 Å². The van der Waals surface area contributed by atoms with Gasteiger partial charge in [-0.2, -0.15) is 0 Å². The lowest BCUT2D eigenvalue weighted by molar-refractivity contribution is -0.132. The zero-order chi connectivity index (χ0) is 10.7. The number of carbonyl (C=O) groups excluding carboxylic acids is 1. The fourth-order valence-corrected chi connectivity index (χ4v) is 1.35. The smallest absolute Gasteiger partial charge is 0.309 e. The first-order chi connectivity index (χ1) is 7.25. The van der Waals surface area contributed by atoms with Gasteiger partial charge in [-0.05, 0) is 12.1 Å². The number of rotatable bonds is 2. The van der Waals surface area contributed by atoms with Gasteiger partial charge in [0.1, 0.15) is 5.76 Å². The zero-order valence-electron chi connectivity index (χ0n) is 8.40. The van der Waals surface area contributed by atoms with E-state index in [4.69, 9.17) is 9.47 Å². The number of hydrogen-bond acceptors (Lipinski definition) is 4. The quantitative estimate of drug-likeness (QED) is 0.690. The molecule has 0 atom stereocenters. The van der Waals surface area contributed by atoms with Crippen LogP contribution in [0, 0.1) is 0 Å². The van der Waals surface area contributed by atoms with Gasteiger partial charge in [0.15, 0.2) is 0 Å². The minimum Gasteiger partial charge on any atom is -0.493 e. The molecule has 1 aliphatic rings.